The molecule has 0 aliphatic carbocycles. The Morgan fingerprint density at radius 1 is 0.588 bits per heavy atom. The fourth-order valence-electron chi connectivity index (χ4n) is 3.12. The standard InChI is InChI=1S/C24H30O10/c1-27-19(15-31-23(25)33-17-11-7-5-8-12-17)21(29-3)22(30-4)20(28-2)16-32-24(26)34-18-13-9-6-10-14-18/h5-14,19-22H,15-16H2,1-4H3/t19-,20-,21-,22-/m1/s1. The van der Waals surface area contributed by atoms with E-state index in [9.17, 15) is 9.59 Å². The number of hydrogen-bond donors (Lipinski definition) is 0. The molecule has 0 bridgehead atoms. The first-order valence-corrected chi connectivity index (χ1v) is 10.4. The monoisotopic (exact) mass is 478 g/mol. The number of benzene rings is 2. The summed E-state index contributed by atoms with van der Waals surface area (Å²) in [5.41, 5.74) is 0. The van der Waals surface area contributed by atoms with Gasteiger partial charge in [-0.15, -0.1) is 0 Å². The molecule has 34 heavy (non-hydrogen) atoms. The number of ether oxygens (including phenoxy) is 8. The van der Waals surface area contributed by atoms with Gasteiger partial charge in [0.15, 0.2) is 0 Å². The summed E-state index contributed by atoms with van der Waals surface area (Å²) in [6.45, 7) is -0.373. The molecule has 0 saturated carbocycles. The summed E-state index contributed by atoms with van der Waals surface area (Å²) in [4.78, 5) is 24.1. The predicted octanol–water partition coefficient (Wildman–Crippen LogP) is 3.48. The Bertz CT molecular complexity index is 774. The molecule has 10 nitrogen and oxygen atoms in total. The van der Waals surface area contributed by atoms with Gasteiger partial charge < -0.3 is 37.9 Å². The van der Waals surface area contributed by atoms with E-state index in [1.807, 2.05) is 0 Å². The zero-order valence-electron chi connectivity index (χ0n) is 19.6. The molecule has 0 saturated heterocycles. The maximum absolute atomic E-state index is 12.0. The minimum Gasteiger partial charge on any atom is -0.431 e. The second-order valence-electron chi connectivity index (χ2n) is 6.90. The predicted molar refractivity (Wildman–Crippen MR) is 120 cm³/mol. The highest BCUT2D eigenvalue weighted by atomic mass is 16.7. The first-order chi connectivity index (χ1) is 16.5. The lowest BCUT2D eigenvalue weighted by atomic mass is 10.0. The summed E-state index contributed by atoms with van der Waals surface area (Å²) < 4.78 is 42.6. The van der Waals surface area contributed by atoms with Gasteiger partial charge >= 0.3 is 12.3 Å². The van der Waals surface area contributed by atoms with E-state index in [0.717, 1.165) is 0 Å². The third kappa shape index (κ3) is 8.64. The smallest absolute Gasteiger partial charge is 0.431 e. The molecule has 0 aliphatic rings. The maximum atomic E-state index is 12.0. The van der Waals surface area contributed by atoms with Crippen LogP contribution in [0.5, 0.6) is 11.5 Å². The number of methoxy groups -OCH3 is 4. The largest absolute Gasteiger partial charge is 0.513 e. The number of carbonyl (C=O) groups is 2. The van der Waals surface area contributed by atoms with Gasteiger partial charge in [0, 0.05) is 28.4 Å². The Morgan fingerprint density at radius 3 is 1.24 bits per heavy atom. The van der Waals surface area contributed by atoms with Crippen LogP contribution in [0.3, 0.4) is 0 Å². The highest BCUT2D eigenvalue weighted by Gasteiger charge is 2.37. The van der Waals surface area contributed by atoms with Crippen LogP contribution in [0.4, 0.5) is 9.59 Å². The summed E-state index contributed by atoms with van der Waals surface area (Å²) in [6, 6.07) is 17.0. The Balaban J connectivity index is 1.94. The first-order valence-electron chi connectivity index (χ1n) is 10.4. The SMILES string of the molecule is CO[C@@H]([C@H](OC)[C@@H](COC(=O)Oc1ccccc1)OC)[C@@H](COC(=O)Oc1ccccc1)OC. The molecule has 10 heteroatoms. The third-order valence-corrected chi connectivity index (χ3v) is 4.83. The van der Waals surface area contributed by atoms with Crippen LogP contribution < -0.4 is 9.47 Å². The van der Waals surface area contributed by atoms with Crippen LogP contribution in [0, 0.1) is 0 Å². The molecule has 0 heterocycles. The fourth-order valence-corrected chi connectivity index (χ4v) is 3.12. The summed E-state index contributed by atoms with van der Waals surface area (Å²) in [6.07, 6.45) is -4.78. The van der Waals surface area contributed by atoms with Crippen LogP contribution in [0.15, 0.2) is 60.7 Å². The van der Waals surface area contributed by atoms with Gasteiger partial charge in [0.05, 0.1) is 0 Å². The molecule has 2 aromatic carbocycles. The van der Waals surface area contributed by atoms with Crippen LogP contribution in [0.2, 0.25) is 0 Å². The normalized spacial score (nSPS) is 14.4. The second-order valence-corrected chi connectivity index (χ2v) is 6.90. The molecule has 186 valence electrons. The number of carbonyl (C=O) groups excluding carboxylic acids is 2. The molecule has 2 rings (SSSR count). The van der Waals surface area contributed by atoms with Gasteiger partial charge in [-0.25, -0.2) is 9.59 Å². The van der Waals surface area contributed by atoms with Crippen molar-refractivity contribution in [2.75, 3.05) is 41.7 Å². The van der Waals surface area contributed by atoms with Gasteiger partial charge in [-0.3, -0.25) is 0 Å². The summed E-state index contributed by atoms with van der Waals surface area (Å²) in [5.74, 6) is 0.692. The molecule has 0 radical (unpaired) electrons. The van der Waals surface area contributed by atoms with Crippen molar-refractivity contribution in [1.82, 2.24) is 0 Å². The van der Waals surface area contributed by atoms with Crippen molar-refractivity contribution in [2.24, 2.45) is 0 Å². The molecule has 0 aromatic heterocycles. The lowest BCUT2D eigenvalue weighted by molar-refractivity contribution is -0.164. The molecule has 2 aromatic rings. The third-order valence-electron chi connectivity index (χ3n) is 4.83. The van der Waals surface area contributed by atoms with E-state index in [-0.39, 0.29) is 13.2 Å². The maximum Gasteiger partial charge on any atom is 0.513 e. The van der Waals surface area contributed by atoms with Crippen LogP contribution in [-0.2, 0) is 28.4 Å². The quantitative estimate of drug-likeness (QED) is 0.314. The topological polar surface area (TPSA) is 108 Å². The van der Waals surface area contributed by atoms with E-state index in [1.54, 1.807) is 60.7 Å². The summed E-state index contributed by atoms with van der Waals surface area (Å²) in [5, 5.41) is 0. The van der Waals surface area contributed by atoms with Crippen molar-refractivity contribution in [2.45, 2.75) is 24.4 Å². The van der Waals surface area contributed by atoms with Crippen LogP contribution in [-0.4, -0.2) is 78.4 Å². The fraction of sp³-hybridized carbons (Fsp3) is 0.417. The highest BCUT2D eigenvalue weighted by molar-refractivity contribution is 5.64. The number of para-hydroxylation sites is 2. The highest BCUT2D eigenvalue weighted by Crippen LogP contribution is 2.18. The lowest BCUT2D eigenvalue weighted by Gasteiger charge is -2.34. The molecule has 0 amide bonds. The zero-order chi connectivity index (χ0) is 24.8. The number of rotatable bonds is 13. The zero-order valence-corrected chi connectivity index (χ0v) is 19.6. The molecule has 0 spiro atoms. The average molecular weight is 478 g/mol. The Hall–Kier alpha value is -3.18. The van der Waals surface area contributed by atoms with Gasteiger partial charge in [-0.1, -0.05) is 36.4 Å². The van der Waals surface area contributed by atoms with E-state index in [4.69, 9.17) is 37.9 Å². The molecule has 0 aliphatic heterocycles. The molecule has 0 unspecified atom stereocenters. The first kappa shape index (κ1) is 27.1. The van der Waals surface area contributed by atoms with Crippen molar-refractivity contribution in [1.29, 1.82) is 0 Å². The van der Waals surface area contributed by atoms with Crippen molar-refractivity contribution >= 4 is 12.3 Å². The van der Waals surface area contributed by atoms with Crippen LogP contribution in [0.1, 0.15) is 0 Å². The van der Waals surface area contributed by atoms with Gasteiger partial charge in [-0.05, 0) is 24.3 Å². The Labute approximate surface area is 198 Å². The van der Waals surface area contributed by atoms with Crippen LogP contribution in [0.25, 0.3) is 0 Å². The van der Waals surface area contributed by atoms with Gasteiger partial charge in [0.1, 0.15) is 49.1 Å². The van der Waals surface area contributed by atoms with Gasteiger partial charge in [0.2, 0.25) is 0 Å². The minimum absolute atomic E-state index is 0.187. The van der Waals surface area contributed by atoms with E-state index in [2.05, 4.69) is 0 Å². The van der Waals surface area contributed by atoms with Crippen molar-refractivity contribution in [3.05, 3.63) is 60.7 Å². The molecule has 4 atom stereocenters. The lowest BCUT2D eigenvalue weighted by Crippen LogP contribution is -2.51. The molecule has 0 fully saturated rings. The average Bonchev–Trinajstić information content (AvgIpc) is 2.86. The second kappa shape index (κ2) is 14.9. The van der Waals surface area contributed by atoms with Crippen molar-refractivity contribution in [3.8, 4) is 11.5 Å². The van der Waals surface area contributed by atoms with Crippen molar-refractivity contribution < 1.29 is 47.5 Å². The van der Waals surface area contributed by atoms with Gasteiger partial charge in [-0.2, -0.15) is 0 Å². The summed E-state index contributed by atoms with van der Waals surface area (Å²) in [7, 11) is 5.76. The number of hydrogen-bond acceptors (Lipinski definition) is 10. The molecule has 0 N–H and O–H groups in total. The van der Waals surface area contributed by atoms with Crippen LogP contribution >= 0.6 is 0 Å². The van der Waals surface area contributed by atoms with E-state index >= 15 is 0 Å². The van der Waals surface area contributed by atoms with E-state index in [0.29, 0.717) is 11.5 Å². The summed E-state index contributed by atoms with van der Waals surface area (Å²) >= 11 is 0. The van der Waals surface area contributed by atoms with E-state index in [1.165, 1.54) is 28.4 Å². The molecular formula is C24H30O10. The molecular weight excluding hydrogens is 448 g/mol. The Morgan fingerprint density at radius 2 is 0.941 bits per heavy atom. The van der Waals surface area contributed by atoms with Gasteiger partial charge in [0.25, 0.3) is 0 Å². The van der Waals surface area contributed by atoms with E-state index < -0.39 is 36.7 Å². The Kier molecular flexibility index (Phi) is 11.8. The minimum atomic E-state index is -0.896. The van der Waals surface area contributed by atoms with Crippen molar-refractivity contribution in [3.63, 3.8) is 0 Å².